The SMILES string of the molecule is CCC(C(=O)NCCn1cc(C)cn1)C(N)=S. The van der Waals surface area contributed by atoms with Crippen molar-refractivity contribution in [3.05, 3.63) is 18.0 Å². The quantitative estimate of drug-likeness (QED) is 0.730. The summed E-state index contributed by atoms with van der Waals surface area (Å²) < 4.78 is 1.79. The van der Waals surface area contributed by atoms with Crippen molar-refractivity contribution >= 4 is 23.1 Å². The maximum atomic E-state index is 11.7. The molecule has 1 atom stereocenters. The zero-order valence-corrected chi connectivity index (χ0v) is 11.0. The lowest BCUT2D eigenvalue weighted by Gasteiger charge is -2.13. The molecule has 1 rings (SSSR count). The van der Waals surface area contributed by atoms with E-state index in [9.17, 15) is 4.79 Å². The Labute approximate surface area is 106 Å². The summed E-state index contributed by atoms with van der Waals surface area (Å²) in [4.78, 5) is 12.0. The predicted molar refractivity (Wildman–Crippen MR) is 70.5 cm³/mol. The zero-order valence-electron chi connectivity index (χ0n) is 10.1. The molecule has 0 bridgehead atoms. The van der Waals surface area contributed by atoms with Crippen LogP contribution in [-0.2, 0) is 11.3 Å². The van der Waals surface area contributed by atoms with E-state index in [0.717, 1.165) is 5.56 Å². The summed E-state index contributed by atoms with van der Waals surface area (Å²) in [6.07, 6.45) is 4.34. The molecule has 1 heterocycles. The van der Waals surface area contributed by atoms with Gasteiger partial charge in [-0.05, 0) is 18.9 Å². The number of nitrogens with zero attached hydrogens (tertiary/aromatic N) is 2. The molecule has 1 amide bonds. The molecule has 0 aliphatic rings. The summed E-state index contributed by atoms with van der Waals surface area (Å²) in [5, 5.41) is 6.93. The van der Waals surface area contributed by atoms with Crippen LogP contribution in [0, 0.1) is 12.8 Å². The average molecular weight is 254 g/mol. The average Bonchev–Trinajstić information content (AvgIpc) is 2.64. The first-order chi connectivity index (χ1) is 8.04. The first kappa shape index (κ1) is 13.6. The lowest BCUT2D eigenvalue weighted by atomic mass is 10.1. The molecule has 6 heteroatoms. The van der Waals surface area contributed by atoms with Crippen molar-refractivity contribution in [3.8, 4) is 0 Å². The van der Waals surface area contributed by atoms with Gasteiger partial charge in [0, 0.05) is 12.7 Å². The summed E-state index contributed by atoms with van der Waals surface area (Å²) in [7, 11) is 0. The number of amides is 1. The smallest absolute Gasteiger partial charge is 0.229 e. The number of nitrogens with one attached hydrogen (secondary N) is 1. The number of carbonyl (C=O) groups is 1. The highest BCUT2D eigenvalue weighted by Gasteiger charge is 2.18. The number of nitrogens with two attached hydrogens (primary N) is 1. The molecular weight excluding hydrogens is 236 g/mol. The van der Waals surface area contributed by atoms with Gasteiger partial charge in [0.2, 0.25) is 5.91 Å². The van der Waals surface area contributed by atoms with Crippen molar-refractivity contribution in [2.75, 3.05) is 6.54 Å². The number of hydrogen-bond donors (Lipinski definition) is 2. The van der Waals surface area contributed by atoms with Crippen molar-refractivity contribution in [1.82, 2.24) is 15.1 Å². The van der Waals surface area contributed by atoms with Crippen molar-refractivity contribution in [3.63, 3.8) is 0 Å². The van der Waals surface area contributed by atoms with E-state index in [2.05, 4.69) is 10.4 Å². The van der Waals surface area contributed by atoms with E-state index >= 15 is 0 Å². The molecule has 0 aliphatic carbocycles. The van der Waals surface area contributed by atoms with E-state index in [1.807, 2.05) is 20.0 Å². The summed E-state index contributed by atoms with van der Waals surface area (Å²) in [6, 6.07) is 0. The standard InChI is InChI=1S/C11H18N4OS/c1-3-9(10(12)17)11(16)13-4-5-15-7-8(2)6-14-15/h6-7,9H,3-5H2,1-2H3,(H2,12,17)(H,13,16). The van der Waals surface area contributed by atoms with E-state index < -0.39 is 0 Å². The number of carbonyl (C=O) groups excluding carboxylic acids is 1. The van der Waals surface area contributed by atoms with Crippen LogP contribution in [0.3, 0.4) is 0 Å². The van der Waals surface area contributed by atoms with Crippen molar-refractivity contribution in [2.45, 2.75) is 26.8 Å². The monoisotopic (exact) mass is 254 g/mol. The van der Waals surface area contributed by atoms with Crippen LogP contribution >= 0.6 is 12.2 Å². The third kappa shape index (κ3) is 4.14. The van der Waals surface area contributed by atoms with Gasteiger partial charge in [0.25, 0.3) is 0 Å². The van der Waals surface area contributed by atoms with Crippen LogP contribution in [-0.4, -0.2) is 27.2 Å². The van der Waals surface area contributed by atoms with Crippen LogP contribution in [0.25, 0.3) is 0 Å². The maximum Gasteiger partial charge on any atom is 0.229 e. The molecule has 1 unspecified atom stereocenters. The van der Waals surface area contributed by atoms with E-state index in [4.69, 9.17) is 18.0 Å². The molecule has 17 heavy (non-hydrogen) atoms. The fourth-order valence-corrected chi connectivity index (χ4v) is 1.80. The number of hydrogen-bond acceptors (Lipinski definition) is 3. The zero-order chi connectivity index (χ0) is 12.8. The van der Waals surface area contributed by atoms with E-state index in [1.165, 1.54) is 0 Å². The van der Waals surface area contributed by atoms with Gasteiger partial charge in [0.05, 0.1) is 23.6 Å². The lowest BCUT2D eigenvalue weighted by Crippen LogP contribution is -2.38. The van der Waals surface area contributed by atoms with E-state index in [-0.39, 0.29) is 16.8 Å². The molecule has 0 saturated carbocycles. The Bertz CT molecular complexity index is 402. The summed E-state index contributed by atoms with van der Waals surface area (Å²) >= 11 is 4.84. The Kier molecular flexibility index (Phi) is 5.09. The van der Waals surface area contributed by atoms with Gasteiger partial charge < -0.3 is 11.1 Å². The van der Waals surface area contributed by atoms with Crippen molar-refractivity contribution in [2.24, 2.45) is 11.7 Å². The fraction of sp³-hybridized carbons (Fsp3) is 0.545. The van der Waals surface area contributed by atoms with E-state index in [0.29, 0.717) is 19.5 Å². The van der Waals surface area contributed by atoms with Gasteiger partial charge in [-0.1, -0.05) is 19.1 Å². The first-order valence-corrected chi connectivity index (χ1v) is 6.01. The van der Waals surface area contributed by atoms with Gasteiger partial charge >= 0.3 is 0 Å². The second kappa shape index (κ2) is 6.34. The highest BCUT2D eigenvalue weighted by atomic mass is 32.1. The second-order valence-corrected chi connectivity index (χ2v) is 4.41. The molecule has 94 valence electrons. The van der Waals surface area contributed by atoms with E-state index in [1.54, 1.807) is 10.9 Å². The number of aryl methyl sites for hydroxylation is 1. The number of thiocarbonyl (C=S) groups is 1. The topological polar surface area (TPSA) is 72.9 Å². The van der Waals surface area contributed by atoms with Gasteiger partial charge in [-0.3, -0.25) is 9.48 Å². The summed E-state index contributed by atoms with van der Waals surface area (Å²) in [5.74, 6) is -0.478. The van der Waals surface area contributed by atoms with Crippen LogP contribution in [0.4, 0.5) is 0 Å². The van der Waals surface area contributed by atoms with Gasteiger partial charge in [0.1, 0.15) is 0 Å². The molecule has 1 aromatic rings. The van der Waals surface area contributed by atoms with Gasteiger partial charge in [0.15, 0.2) is 0 Å². The summed E-state index contributed by atoms with van der Waals surface area (Å²) in [5.41, 5.74) is 6.59. The number of rotatable bonds is 6. The van der Waals surface area contributed by atoms with Gasteiger partial charge in [-0.15, -0.1) is 0 Å². The third-order valence-electron chi connectivity index (χ3n) is 2.47. The summed E-state index contributed by atoms with van der Waals surface area (Å²) in [6.45, 7) is 5.04. The Morgan fingerprint density at radius 1 is 1.71 bits per heavy atom. The van der Waals surface area contributed by atoms with Crippen LogP contribution < -0.4 is 11.1 Å². The van der Waals surface area contributed by atoms with Crippen LogP contribution in [0.2, 0.25) is 0 Å². The Morgan fingerprint density at radius 2 is 2.41 bits per heavy atom. The van der Waals surface area contributed by atoms with Crippen LogP contribution in [0.1, 0.15) is 18.9 Å². The fourth-order valence-electron chi connectivity index (χ4n) is 1.52. The highest BCUT2D eigenvalue weighted by molar-refractivity contribution is 7.80. The molecule has 0 fully saturated rings. The van der Waals surface area contributed by atoms with Crippen LogP contribution in [0.5, 0.6) is 0 Å². The first-order valence-electron chi connectivity index (χ1n) is 5.60. The Morgan fingerprint density at radius 3 is 2.88 bits per heavy atom. The number of aromatic nitrogens is 2. The molecular formula is C11H18N4OS. The molecule has 5 nitrogen and oxygen atoms in total. The minimum Gasteiger partial charge on any atom is -0.393 e. The minimum atomic E-state index is -0.371. The minimum absolute atomic E-state index is 0.108. The molecule has 0 radical (unpaired) electrons. The Balaban J connectivity index is 2.35. The van der Waals surface area contributed by atoms with Crippen LogP contribution in [0.15, 0.2) is 12.4 Å². The molecule has 0 aromatic carbocycles. The normalized spacial score (nSPS) is 12.1. The highest BCUT2D eigenvalue weighted by Crippen LogP contribution is 2.02. The maximum absolute atomic E-state index is 11.7. The second-order valence-electron chi connectivity index (χ2n) is 3.93. The van der Waals surface area contributed by atoms with Crippen molar-refractivity contribution < 1.29 is 4.79 Å². The third-order valence-corrected chi connectivity index (χ3v) is 2.76. The lowest BCUT2D eigenvalue weighted by molar-refractivity contribution is -0.123. The molecule has 0 spiro atoms. The molecule has 0 saturated heterocycles. The largest absolute Gasteiger partial charge is 0.393 e. The molecule has 0 aliphatic heterocycles. The predicted octanol–water partition coefficient (Wildman–Crippen LogP) is 0.620. The van der Waals surface area contributed by atoms with Gasteiger partial charge in [-0.2, -0.15) is 5.10 Å². The van der Waals surface area contributed by atoms with Crippen molar-refractivity contribution in [1.29, 1.82) is 0 Å². The van der Waals surface area contributed by atoms with Gasteiger partial charge in [-0.25, -0.2) is 0 Å². The Hall–Kier alpha value is -1.43. The molecule has 1 aromatic heterocycles. The molecule has 3 N–H and O–H groups in total.